The maximum Gasteiger partial charge on any atom is 0.274 e. The number of nitrogens with zero attached hydrogens (tertiary/aromatic N) is 6. The lowest BCUT2D eigenvalue weighted by atomic mass is 10.2. The van der Waals surface area contributed by atoms with Gasteiger partial charge in [0.05, 0.1) is 17.4 Å². The van der Waals surface area contributed by atoms with Crippen LogP contribution in [-0.4, -0.2) is 61.9 Å². The number of fused-ring (bicyclic) bond motifs is 1. The van der Waals surface area contributed by atoms with E-state index in [4.69, 9.17) is 0 Å². The first-order chi connectivity index (χ1) is 12.0. The Hall–Kier alpha value is -2.15. The molecule has 1 saturated heterocycles. The van der Waals surface area contributed by atoms with Crippen LogP contribution in [0.25, 0.3) is 0 Å². The van der Waals surface area contributed by atoms with Crippen LogP contribution >= 0.6 is 0 Å². The zero-order valence-electron chi connectivity index (χ0n) is 15.3. The lowest BCUT2D eigenvalue weighted by Gasteiger charge is -2.16. The summed E-state index contributed by atoms with van der Waals surface area (Å²) in [5.74, 6) is 0.0484. The van der Waals surface area contributed by atoms with Gasteiger partial charge in [-0.05, 0) is 45.9 Å². The summed E-state index contributed by atoms with van der Waals surface area (Å²) < 4.78 is 4.07. The minimum atomic E-state index is 0.0484. The predicted octanol–water partition coefficient (Wildman–Crippen LogP) is 1.62. The Morgan fingerprint density at radius 3 is 2.76 bits per heavy atom. The first-order valence-electron chi connectivity index (χ1n) is 9.08. The zero-order chi connectivity index (χ0) is 17.6. The average Bonchev–Trinajstić information content (AvgIpc) is 3.24. The van der Waals surface area contributed by atoms with Crippen LogP contribution in [0.15, 0.2) is 12.1 Å². The number of aryl methyl sites for hydroxylation is 3. The second-order valence-electron chi connectivity index (χ2n) is 7.40. The summed E-state index contributed by atoms with van der Waals surface area (Å²) >= 11 is 0. The van der Waals surface area contributed by atoms with E-state index >= 15 is 0 Å². The monoisotopic (exact) mass is 342 g/mol. The fourth-order valence-corrected chi connectivity index (χ4v) is 4.03. The highest BCUT2D eigenvalue weighted by Crippen LogP contribution is 2.24. The molecule has 0 aliphatic carbocycles. The lowest BCUT2D eigenvalue weighted by Crippen LogP contribution is -2.30. The van der Waals surface area contributed by atoms with Crippen LogP contribution < -0.4 is 0 Å². The van der Waals surface area contributed by atoms with Gasteiger partial charge in [-0.3, -0.25) is 14.2 Å². The van der Waals surface area contributed by atoms with E-state index in [2.05, 4.69) is 39.8 Å². The molecule has 0 aromatic carbocycles. The molecule has 2 aliphatic rings. The van der Waals surface area contributed by atoms with E-state index in [-0.39, 0.29) is 11.9 Å². The van der Waals surface area contributed by atoms with Crippen molar-refractivity contribution in [1.82, 2.24) is 29.4 Å². The minimum absolute atomic E-state index is 0.0484. The standard InChI is InChI=1S/C18H26N6O/c1-13-9-14(2)24(19-13)15-5-8-22(12-15)18(25)17-10-16-11-21(3)6-4-7-23(16)20-17/h9-10,15H,4-8,11-12H2,1-3H3/t15-/m0/s1. The summed E-state index contributed by atoms with van der Waals surface area (Å²) in [4.78, 5) is 17.1. The molecule has 0 N–H and O–H groups in total. The summed E-state index contributed by atoms with van der Waals surface area (Å²) in [6, 6.07) is 4.33. The number of carbonyl (C=O) groups excluding carboxylic acids is 1. The summed E-state index contributed by atoms with van der Waals surface area (Å²) in [6.45, 7) is 8.38. The maximum atomic E-state index is 12.9. The molecule has 2 aliphatic heterocycles. The van der Waals surface area contributed by atoms with Gasteiger partial charge in [-0.25, -0.2) is 0 Å². The molecule has 25 heavy (non-hydrogen) atoms. The van der Waals surface area contributed by atoms with Crippen molar-refractivity contribution in [2.45, 2.75) is 45.8 Å². The van der Waals surface area contributed by atoms with Crippen molar-refractivity contribution in [1.29, 1.82) is 0 Å². The second kappa shape index (κ2) is 6.29. The second-order valence-corrected chi connectivity index (χ2v) is 7.40. The average molecular weight is 342 g/mol. The van der Waals surface area contributed by atoms with Gasteiger partial charge in [-0.1, -0.05) is 0 Å². The third-order valence-corrected chi connectivity index (χ3v) is 5.27. The highest BCUT2D eigenvalue weighted by molar-refractivity contribution is 5.92. The van der Waals surface area contributed by atoms with Gasteiger partial charge in [-0.2, -0.15) is 10.2 Å². The van der Waals surface area contributed by atoms with Gasteiger partial charge in [0.25, 0.3) is 5.91 Å². The van der Waals surface area contributed by atoms with Gasteiger partial charge < -0.3 is 9.80 Å². The van der Waals surface area contributed by atoms with E-state index < -0.39 is 0 Å². The Labute approximate surface area is 148 Å². The Morgan fingerprint density at radius 2 is 2.00 bits per heavy atom. The molecule has 0 radical (unpaired) electrons. The fraction of sp³-hybridized carbons (Fsp3) is 0.611. The van der Waals surface area contributed by atoms with Crippen molar-refractivity contribution in [2.24, 2.45) is 0 Å². The third kappa shape index (κ3) is 3.08. The third-order valence-electron chi connectivity index (χ3n) is 5.27. The molecule has 4 heterocycles. The summed E-state index contributed by atoms with van der Waals surface area (Å²) in [5, 5.41) is 9.17. The lowest BCUT2D eigenvalue weighted by molar-refractivity contribution is 0.0780. The number of carbonyl (C=O) groups is 1. The first-order valence-corrected chi connectivity index (χ1v) is 9.08. The van der Waals surface area contributed by atoms with Gasteiger partial charge in [0, 0.05) is 38.4 Å². The van der Waals surface area contributed by atoms with Crippen molar-refractivity contribution in [2.75, 3.05) is 26.7 Å². The summed E-state index contributed by atoms with van der Waals surface area (Å²) in [5.41, 5.74) is 3.91. The van der Waals surface area contributed by atoms with E-state index in [1.807, 2.05) is 22.6 Å². The number of hydrogen-bond donors (Lipinski definition) is 0. The van der Waals surface area contributed by atoms with Gasteiger partial charge in [-0.15, -0.1) is 0 Å². The minimum Gasteiger partial charge on any atom is -0.335 e. The molecule has 0 spiro atoms. The largest absolute Gasteiger partial charge is 0.335 e. The molecule has 2 aromatic rings. The number of rotatable bonds is 2. The summed E-state index contributed by atoms with van der Waals surface area (Å²) in [6.07, 6.45) is 2.02. The van der Waals surface area contributed by atoms with Crippen molar-refractivity contribution in [3.8, 4) is 0 Å². The molecule has 0 saturated carbocycles. The Balaban J connectivity index is 1.49. The van der Waals surface area contributed by atoms with Crippen LogP contribution in [0.4, 0.5) is 0 Å². The Bertz CT molecular complexity index is 792. The van der Waals surface area contributed by atoms with Crippen molar-refractivity contribution < 1.29 is 4.79 Å². The van der Waals surface area contributed by atoms with Crippen LogP contribution in [0.2, 0.25) is 0 Å². The first kappa shape index (κ1) is 16.3. The molecule has 7 heteroatoms. The topological polar surface area (TPSA) is 59.2 Å². The van der Waals surface area contributed by atoms with Gasteiger partial charge in [0.2, 0.25) is 0 Å². The number of amides is 1. The molecule has 2 aromatic heterocycles. The molecule has 134 valence electrons. The van der Waals surface area contributed by atoms with Crippen LogP contribution in [0.3, 0.4) is 0 Å². The van der Waals surface area contributed by atoms with Crippen LogP contribution in [0.1, 0.15) is 46.5 Å². The highest BCUT2D eigenvalue weighted by atomic mass is 16.2. The van der Waals surface area contributed by atoms with E-state index in [0.29, 0.717) is 12.2 Å². The summed E-state index contributed by atoms with van der Waals surface area (Å²) in [7, 11) is 2.11. The van der Waals surface area contributed by atoms with E-state index in [0.717, 1.165) is 56.1 Å². The van der Waals surface area contributed by atoms with Crippen molar-refractivity contribution >= 4 is 5.91 Å². The molecular formula is C18H26N6O. The van der Waals surface area contributed by atoms with Crippen LogP contribution in [0, 0.1) is 13.8 Å². The Morgan fingerprint density at radius 1 is 1.16 bits per heavy atom. The van der Waals surface area contributed by atoms with Gasteiger partial charge >= 0.3 is 0 Å². The van der Waals surface area contributed by atoms with Crippen molar-refractivity contribution in [3.63, 3.8) is 0 Å². The fourth-order valence-electron chi connectivity index (χ4n) is 4.03. The molecule has 1 amide bonds. The SMILES string of the molecule is Cc1cc(C)n([C@H]2CCN(C(=O)c3cc4n(n3)CCCN(C)C4)C2)n1. The van der Waals surface area contributed by atoms with Crippen LogP contribution in [-0.2, 0) is 13.1 Å². The molecule has 0 bridgehead atoms. The van der Waals surface area contributed by atoms with Crippen molar-refractivity contribution in [3.05, 3.63) is 34.9 Å². The quantitative estimate of drug-likeness (QED) is 0.832. The zero-order valence-corrected chi connectivity index (χ0v) is 15.3. The number of likely N-dealkylation sites (tertiary alicyclic amines) is 1. The molecular weight excluding hydrogens is 316 g/mol. The number of aromatic nitrogens is 4. The predicted molar refractivity (Wildman–Crippen MR) is 94.4 cm³/mol. The van der Waals surface area contributed by atoms with Gasteiger partial charge in [0.1, 0.15) is 0 Å². The Kier molecular flexibility index (Phi) is 4.11. The van der Waals surface area contributed by atoms with Gasteiger partial charge in [0.15, 0.2) is 5.69 Å². The van der Waals surface area contributed by atoms with E-state index in [9.17, 15) is 4.79 Å². The molecule has 0 unspecified atom stereocenters. The maximum absolute atomic E-state index is 12.9. The van der Waals surface area contributed by atoms with Crippen LogP contribution in [0.5, 0.6) is 0 Å². The van der Waals surface area contributed by atoms with E-state index in [1.165, 1.54) is 0 Å². The molecule has 7 nitrogen and oxygen atoms in total. The highest BCUT2D eigenvalue weighted by Gasteiger charge is 2.31. The molecule has 4 rings (SSSR count). The molecule has 1 atom stereocenters. The number of hydrogen-bond acceptors (Lipinski definition) is 4. The smallest absolute Gasteiger partial charge is 0.274 e. The molecule has 1 fully saturated rings. The van der Waals surface area contributed by atoms with E-state index in [1.54, 1.807) is 0 Å². The normalized spacial score (nSPS) is 21.4.